The second-order valence-corrected chi connectivity index (χ2v) is 10.8. The quantitative estimate of drug-likeness (QED) is 0.175. The molecule has 0 spiro atoms. The third-order valence-electron chi connectivity index (χ3n) is 5.89. The van der Waals surface area contributed by atoms with Crippen LogP contribution in [-0.4, -0.2) is 34.2 Å². The van der Waals surface area contributed by atoms with E-state index in [0.717, 1.165) is 39.0 Å². The maximum atomic E-state index is 12.7. The number of rotatable bonds is 9. The molecule has 1 amide bonds. The van der Waals surface area contributed by atoms with Crippen LogP contribution in [0, 0.1) is 32.1 Å². The number of hydrogen-bond acceptors (Lipinski definition) is 7. The molecule has 0 saturated carbocycles. The van der Waals surface area contributed by atoms with E-state index in [1.54, 1.807) is 13.8 Å². The fraction of sp³-hybridized carbons (Fsp3) is 0.241. The molecule has 0 fully saturated rings. The first kappa shape index (κ1) is 27.2. The van der Waals surface area contributed by atoms with E-state index in [0.29, 0.717) is 21.2 Å². The largest absolute Gasteiger partial charge is 0.462 e. The van der Waals surface area contributed by atoms with Gasteiger partial charge in [0.1, 0.15) is 15.9 Å². The van der Waals surface area contributed by atoms with Gasteiger partial charge >= 0.3 is 5.97 Å². The summed E-state index contributed by atoms with van der Waals surface area (Å²) in [5.41, 5.74) is 7.01. The molecule has 0 aliphatic carbocycles. The average Bonchev–Trinajstić information content (AvgIpc) is 3.46. The van der Waals surface area contributed by atoms with Gasteiger partial charge in [0, 0.05) is 23.3 Å². The number of thioether (sulfide) groups is 1. The van der Waals surface area contributed by atoms with Gasteiger partial charge in [0.25, 0.3) is 0 Å². The van der Waals surface area contributed by atoms with Gasteiger partial charge < -0.3 is 15.0 Å². The molecule has 0 unspecified atom stereocenters. The van der Waals surface area contributed by atoms with E-state index >= 15 is 0 Å². The Kier molecular flexibility index (Phi) is 8.66. The van der Waals surface area contributed by atoms with Gasteiger partial charge in [0.05, 0.1) is 23.6 Å². The number of carbonyl (C=O) groups excluding carboxylic acids is 2. The van der Waals surface area contributed by atoms with Crippen molar-refractivity contribution in [3.8, 4) is 28.6 Å². The molecule has 0 radical (unpaired) electrons. The highest BCUT2D eigenvalue weighted by molar-refractivity contribution is 7.99. The summed E-state index contributed by atoms with van der Waals surface area (Å²) in [7, 11) is 0. The molecule has 2 aromatic heterocycles. The molecule has 9 heteroatoms. The summed E-state index contributed by atoms with van der Waals surface area (Å²) >= 11 is 2.52. The SMILES string of the molecule is CCOC(=O)c1sc(NC(=O)CCSc2nc(-c3ccc(C)cc3)c(-c3ccc(C)cc3)[nH]2)c(C#N)c1C. The van der Waals surface area contributed by atoms with Crippen molar-refractivity contribution in [2.45, 2.75) is 39.3 Å². The lowest BCUT2D eigenvalue weighted by atomic mass is 10.0. The lowest BCUT2D eigenvalue weighted by molar-refractivity contribution is -0.115. The van der Waals surface area contributed by atoms with Gasteiger partial charge in [-0.05, 0) is 33.3 Å². The minimum Gasteiger partial charge on any atom is -0.462 e. The maximum Gasteiger partial charge on any atom is 0.348 e. The zero-order valence-corrected chi connectivity index (χ0v) is 23.3. The molecule has 2 N–H and O–H groups in total. The first-order valence-electron chi connectivity index (χ1n) is 12.2. The van der Waals surface area contributed by atoms with Gasteiger partial charge in [0.2, 0.25) is 5.91 Å². The van der Waals surface area contributed by atoms with Crippen molar-refractivity contribution in [1.82, 2.24) is 9.97 Å². The molecule has 2 heterocycles. The lowest BCUT2D eigenvalue weighted by Crippen LogP contribution is -2.12. The van der Waals surface area contributed by atoms with Crippen LogP contribution in [0.15, 0.2) is 53.7 Å². The Morgan fingerprint density at radius 2 is 1.68 bits per heavy atom. The van der Waals surface area contributed by atoms with Crippen molar-refractivity contribution in [1.29, 1.82) is 5.26 Å². The number of amides is 1. The van der Waals surface area contributed by atoms with Crippen LogP contribution in [-0.2, 0) is 9.53 Å². The number of nitrogens with one attached hydrogen (secondary N) is 2. The van der Waals surface area contributed by atoms with Crippen molar-refractivity contribution >= 4 is 40.0 Å². The van der Waals surface area contributed by atoms with Crippen LogP contribution in [0.4, 0.5) is 5.00 Å². The van der Waals surface area contributed by atoms with Crippen molar-refractivity contribution < 1.29 is 14.3 Å². The monoisotopic (exact) mass is 544 g/mol. The summed E-state index contributed by atoms with van der Waals surface area (Å²) in [4.78, 5) is 33.5. The number of imidazole rings is 1. The third-order valence-corrected chi connectivity index (χ3v) is 7.95. The van der Waals surface area contributed by atoms with Crippen LogP contribution in [0.5, 0.6) is 0 Å². The first-order valence-corrected chi connectivity index (χ1v) is 14.0. The first-order chi connectivity index (χ1) is 18.3. The van der Waals surface area contributed by atoms with Crippen LogP contribution in [0.25, 0.3) is 22.5 Å². The molecule has 4 aromatic rings. The highest BCUT2D eigenvalue weighted by atomic mass is 32.2. The molecule has 0 atom stereocenters. The van der Waals surface area contributed by atoms with Gasteiger partial charge in [-0.2, -0.15) is 5.26 Å². The Balaban J connectivity index is 1.47. The van der Waals surface area contributed by atoms with E-state index in [1.165, 1.54) is 22.9 Å². The maximum absolute atomic E-state index is 12.7. The zero-order valence-electron chi connectivity index (χ0n) is 21.7. The summed E-state index contributed by atoms with van der Waals surface area (Å²) in [5, 5.41) is 13.4. The number of thiophene rings is 1. The number of ether oxygens (including phenoxy) is 1. The van der Waals surface area contributed by atoms with Crippen LogP contribution in [0.2, 0.25) is 0 Å². The topological polar surface area (TPSA) is 108 Å². The van der Waals surface area contributed by atoms with E-state index < -0.39 is 5.97 Å². The number of aromatic nitrogens is 2. The van der Waals surface area contributed by atoms with Crippen LogP contribution in [0.1, 0.15) is 45.3 Å². The molecule has 7 nitrogen and oxygen atoms in total. The summed E-state index contributed by atoms with van der Waals surface area (Å²) in [6.07, 6.45) is 0.210. The van der Waals surface area contributed by atoms with Crippen LogP contribution in [0.3, 0.4) is 0 Å². The highest BCUT2D eigenvalue weighted by Crippen LogP contribution is 2.35. The molecule has 194 valence electrons. The van der Waals surface area contributed by atoms with Gasteiger partial charge in [-0.25, -0.2) is 9.78 Å². The molecule has 0 saturated heterocycles. The number of aromatic amines is 1. The number of carbonyl (C=O) groups is 2. The van der Waals surface area contributed by atoms with E-state index in [-0.39, 0.29) is 24.5 Å². The number of hydrogen-bond donors (Lipinski definition) is 2. The third kappa shape index (κ3) is 6.15. The lowest BCUT2D eigenvalue weighted by Gasteiger charge is -2.04. The smallest absolute Gasteiger partial charge is 0.348 e. The second kappa shape index (κ2) is 12.1. The molecular weight excluding hydrogens is 516 g/mol. The predicted molar refractivity (Wildman–Crippen MR) is 153 cm³/mol. The fourth-order valence-electron chi connectivity index (χ4n) is 3.83. The van der Waals surface area contributed by atoms with Crippen LogP contribution < -0.4 is 5.32 Å². The van der Waals surface area contributed by atoms with Gasteiger partial charge in [-0.1, -0.05) is 71.4 Å². The average molecular weight is 545 g/mol. The number of anilines is 1. The molecule has 0 aliphatic heterocycles. The number of benzene rings is 2. The number of aryl methyl sites for hydroxylation is 2. The van der Waals surface area contributed by atoms with Gasteiger partial charge in [-0.3, -0.25) is 4.79 Å². The molecular formula is C29H28N4O3S2. The Labute approximate surface area is 230 Å². The summed E-state index contributed by atoms with van der Waals surface area (Å²) in [5.74, 6) is -0.249. The number of H-pyrrole nitrogens is 1. The summed E-state index contributed by atoms with van der Waals surface area (Å²) in [6, 6.07) is 18.6. The van der Waals surface area contributed by atoms with Crippen LogP contribution >= 0.6 is 23.1 Å². The minimum atomic E-state index is -0.492. The number of nitrogens with zero attached hydrogens (tertiary/aromatic N) is 2. The predicted octanol–water partition coefficient (Wildman–Crippen LogP) is 6.90. The normalized spacial score (nSPS) is 10.7. The van der Waals surface area contributed by atoms with E-state index in [1.807, 2.05) is 0 Å². The molecule has 4 rings (SSSR count). The van der Waals surface area contributed by atoms with Crippen molar-refractivity contribution in [3.05, 3.63) is 75.7 Å². The van der Waals surface area contributed by atoms with E-state index in [9.17, 15) is 14.9 Å². The molecule has 0 bridgehead atoms. The molecule has 2 aromatic carbocycles. The molecule has 0 aliphatic rings. The fourth-order valence-corrected chi connectivity index (χ4v) is 5.70. The zero-order chi connectivity index (χ0) is 27.2. The summed E-state index contributed by atoms with van der Waals surface area (Å²) in [6.45, 7) is 7.75. The highest BCUT2D eigenvalue weighted by Gasteiger charge is 2.22. The van der Waals surface area contributed by atoms with Crippen molar-refractivity contribution in [2.24, 2.45) is 0 Å². The van der Waals surface area contributed by atoms with Crippen molar-refractivity contribution in [2.75, 3.05) is 17.7 Å². The Hall–Kier alpha value is -3.87. The standard InChI is InChI=1S/C29H28N4O3S2/c1-5-36-28(35)26-19(4)22(16-30)27(38-26)31-23(34)14-15-37-29-32-24(20-10-6-17(2)7-11-20)25(33-29)21-12-8-18(3)9-13-21/h6-13H,5,14-15H2,1-4H3,(H,31,34)(H,32,33). The van der Waals surface area contributed by atoms with E-state index in [4.69, 9.17) is 9.72 Å². The minimum absolute atomic E-state index is 0.210. The summed E-state index contributed by atoms with van der Waals surface area (Å²) < 4.78 is 5.06. The molecule has 38 heavy (non-hydrogen) atoms. The van der Waals surface area contributed by atoms with E-state index in [2.05, 4.69) is 78.7 Å². The van der Waals surface area contributed by atoms with Gasteiger partial charge in [-0.15, -0.1) is 11.3 Å². The second-order valence-electron chi connectivity index (χ2n) is 8.74. The van der Waals surface area contributed by atoms with Gasteiger partial charge in [0.15, 0.2) is 5.16 Å². The Morgan fingerprint density at radius 3 is 2.29 bits per heavy atom. The van der Waals surface area contributed by atoms with Crippen molar-refractivity contribution in [3.63, 3.8) is 0 Å². The Morgan fingerprint density at radius 1 is 1.05 bits per heavy atom. The number of esters is 1. The number of nitriles is 1. The Bertz CT molecular complexity index is 1430.